The van der Waals surface area contributed by atoms with Crippen LogP contribution in [0.1, 0.15) is 44.6 Å². The minimum absolute atomic E-state index is 0.0382. The number of carboxylic acid groups (broad SMARTS) is 1. The molecule has 0 unspecified atom stereocenters. The van der Waals surface area contributed by atoms with Crippen molar-refractivity contribution < 1.29 is 24.7 Å². The lowest BCUT2D eigenvalue weighted by molar-refractivity contribution is -0.385. The minimum Gasteiger partial charge on any atom is -0.502 e. The van der Waals surface area contributed by atoms with Crippen LogP contribution < -0.4 is 5.32 Å². The van der Waals surface area contributed by atoms with Crippen LogP contribution in [0.15, 0.2) is 18.2 Å². The molecule has 0 atom stereocenters. The lowest BCUT2D eigenvalue weighted by atomic mass is 10.1. The van der Waals surface area contributed by atoms with Crippen LogP contribution in [0.4, 0.5) is 10.5 Å². The number of nitro benzene ring substituents is 1. The number of aromatic hydroxyl groups is 1. The van der Waals surface area contributed by atoms with Crippen molar-refractivity contribution in [2.75, 3.05) is 19.6 Å². The Morgan fingerprint density at radius 3 is 2.59 bits per heavy atom. The van der Waals surface area contributed by atoms with Crippen LogP contribution in [0.5, 0.6) is 5.75 Å². The summed E-state index contributed by atoms with van der Waals surface area (Å²) in [5.41, 5.74) is 0.0917. The Morgan fingerprint density at radius 1 is 1.22 bits per heavy atom. The number of phenols is 1. The first-order chi connectivity index (χ1) is 12.9. The second-order valence-electron chi connectivity index (χ2n) is 6.22. The van der Waals surface area contributed by atoms with E-state index in [0.29, 0.717) is 50.9 Å². The molecule has 0 aliphatic heterocycles. The zero-order valence-corrected chi connectivity index (χ0v) is 15.5. The quantitative estimate of drug-likeness (QED) is 0.290. The monoisotopic (exact) mass is 381 g/mol. The van der Waals surface area contributed by atoms with Gasteiger partial charge < -0.3 is 20.4 Å². The molecule has 2 amide bonds. The van der Waals surface area contributed by atoms with E-state index in [1.165, 1.54) is 12.1 Å². The molecular formula is C18H27N3O6. The molecule has 1 aromatic rings. The first-order valence-corrected chi connectivity index (χ1v) is 9.06. The van der Waals surface area contributed by atoms with E-state index in [2.05, 4.69) is 5.32 Å². The van der Waals surface area contributed by atoms with Crippen LogP contribution in [0, 0.1) is 10.1 Å². The van der Waals surface area contributed by atoms with E-state index in [9.17, 15) is 24.8 Å². The average Bonchev–Trinajstić information content (AvgIpc) is 2.61. The van der Waals surface area contributed by atoms with Gasteiger partial charge in [0.15, 0.2) is 5.75 Å². The van der Waals surface area contributed by atoms with E-state index in [0.717, 1.165) is 12.8 Å². The van der Waals surface area contributed by atoms with Crippen molar-refractivity contribution in [2.24, 2.45) is 0 Å². The maximum atomic E-state index is 12.4. The number of nitro groups is 1. The highest BCUT2D eigenvalue weighted by molar-refractivity contribution is 5.76. The fourth-order valence-corrected chi connectivity index (χ4v) is 2.65. The van der Waals surface area contributed by atoms with Crippen molar-refractivity contribution in [3.8, 4) is 5.75 Å². The molecule has 9 heteroatoms. The molecule has 0 fully saturated rings. The van der Waals surface area contributed by atoms with Gasteiger partial charge in [0.2, 0.25) is 5.91 Å². The highest BCUT2D eigenvalue weighted by atomic mass is 16.6. The standard InChI is InChI=1S/C18H27N3O6/c1-2-3-12-20(16(22)9-4-5-11-19-18(24)25)13-10-14-7-6-8-15(17(14)23)21(26)27/h6-8,19,23H,2-5,9-13H2,1H3,(H,24,25). The van der Waals surface area contributed by atoms with Crippen molar-refractivity contribution in [3.05, 3.63) is 33.9 Å². The number of hydrogen-bond donors (Lipinski definition) is 3. The summed E-state index contributed by atoms with van der Waals surface area (Å²) in [4.78, 5) is 34.8. The van der Waals surface area contributed by atoms with Gasteiger partial charge in [0.05, 0.1) is 4.92 Å². The van der Waals surface area contributed by atoms with Crippen molar-refractivity contribution in [3.63, 3.8) is 0 Å². The first kappa shape index (κ1) is 22.2. The molecule has 1 aromatic carbocycles. The molecule has 0 radical (unpaired) electrons. The van der Waals surface area contributed by atoms with Crippen LogP contribution in [-0.4, -0.2) is 51.7 Å². The highest BCUT2D eigenvalue weighted by Crippen LogP contribution is 2.29. The van der Waals surface area contributed by atoms with Gasteiger partial charge in [-0.1, -0.05) is 25.5 Å². The molecule has 0 spiro atoms. The topological polar surface area (TPSA) is 133 Å². The number of nitrogens with one attached hydrogen (secondary N) is 1. The lowest BCUT2D eigenvalue weighted by Gasteiger charge is -2.23. The molecule has 0 saturated heterocycles. The summed E-state index contributed by atoms with van der Waals surface area (Å²) in [6, 6.07) is 4.37. The summed E-state index contributed by atoms with van der Waals surface area (Å²) >= 11 is 0. The number of benzene rings is 1. The number of carbonyl (C=O) groups excluding carboxylic acids is 1. The Hall–Kier alpha value is -2.84. The van der Waals surface area contributed by atoms with E-state index in [1.54, 1.807) is 11.0 Å². The van der Waals surface area contributed by atoms with E-state index >= 15 is 0 Å². The van der Waals surface area contributed by atoms with E-state index in [4.69, 9.17) is 5.11 Å². The van der Waals surface area contributed by atoms with Gasteiger partial charge in [-0.25, -0.2) is 4.79 Å². The summed E-state index contributed by atoms with van der Waals surface area (Å²) in [6.45, 7) is 3.27. The molecule has 0 aliphatic rings. The van der Waals surface area contributed by atoms with Crippen LogP contribution >= 0.6 is 0 Å². The number of rotatable bonds is 12. The number of para-hydroxylation sites is 1. The first-order valence-electron chi connectivity index (χ1n) is 9.06. The van der Waals surface area contributed by atoms with Crippen LogP contribution in [0.2, 0.25) is 0 Å². The third-order valence-electron chi connectivity index (χ3n) is 4.17. The predicted molar refractivity (Wildman–Crippen MR) is 99.8 cm³/mol. The summed E-state index contributed by atoms with van der Waals surface area (Å²) < 4.78 is 0. The summed E-state index contributed by atoms with van der Waals surface area (Å²) in [5, 5.41) is 31.7. The van der Waals surface area contributed by atoms with Crippen molar-refractivity contribution >= 4 is 17.7 Å². The normalized spacial score (nSPS) is 10.4. The van der Waals surface area contributed by atoms with Crippen molar-refractivity contribution in [1.82, 2.24) is 10.2 Å². The Kier molecular flexibility index (Phi) is 9.63. The van der Waals surface area contributed by atoms with E-state index in [1.807, 2.05) is 6.92 Å². The smallest absolute Gasteiger partial charge is 0.404 e. The molecule has 0 heterocycles. The zero-order chi connectivity index (χ0) is 20.2. The second-order valence-corrected chi connectivity index (χ2v) is 6.22. The Balaban J connectivity index is 2.61. The van der Waals surface area contributed by atoms with Crippen LogP contribution in [-0.2, 0) is 11.2 Å². The molecule has 27 heavy (non-hydrogen) atoms. The average molecular weight is 381 g/mol. The Bertz CT molecular complexity index is 650. The predicted octanol–water partition coefficient (Wildman–Crippen LogP) is 2.91. The molecule has 0 aliphatic carbocycles. The third-order valence-corrected chi connectivity index (χ3v) is 4.17. The molecular weight excluding hydrogens is 354 g/mol. The molecule has 150 valence electrons. The van der Waals surface area contributed by atoms with Crippen molar-refractivity contribution in [1.29, 1.82) is 0 Å². The number of carbonyl (C=O) groups is 2. The number of hydrogen-bond acceptors (Lipinski definition) is 5. The summed E-state index contributed by atoms with van der Waals surface area (Å²) in [7, 11) is 0. The zero-order valence-electron chi connectivity index (χ0n) is 15.5. The fraction of sp³-hybridized carbons (Fsp3) is 0.556. The molecule has 0 bridgehead atoms. The molecule has 0 aromatic heterocycles. The maximum absolute atomic E-state index is 12.4. The molecule has 0 saturated carbocycles. The van der Waals surface area contributed by atoms with Crippen LogP contribution in [0.25, 0.3) is 0 Å². The summed E-state index contributed by atoms with van der Waals surface area (Å²) in [5.74, 6) is -0.395. The van der Waals surface area contributed by atoms with E-state index < -0.39 is 11.0 Å². The molecule has 3 N–H and O–H groups in total. The second kappa shape index (κ2) is 11.7. The van der Waals surface area contributed by atoms with Gasteiger partial charge in [0, 0.05) is 37.7 Å². The highest BCUT2D eigenvalue weighted by Gasteiger charge is 2.18. The van der Waals surface area contributed by atoms with Gasteiger partial charge in [-0.2, -0.15) is 0 Å². The minimum atomic E-state index is -1.08. The maximum Gasteiger partial charge on any atom is 0.404 e. The SMILES string of the molecule is CCCCN(CCc1cccc([N+](=O)[O-])c1O)C(=O)CCCCNC(=O)O. The van der Waals surface area contributed by atoms with Gasteiger partial charge in [0.25, 0.3) is 0 Å². The van der Waals surface area contributed by atoms with Gasteiger partial charge in [0.1, 0.15) is 0 Å². The lowest BCUT2D eigenvalue weighted by Crippen LogP contribution is -2.34. The largest absolute Gasteiger partial charge is 0.502 e. The number of phenolic OH excluding ortho intramolecular Hbond substituents is 1. The number of nitrogens with zero attached hydrogens (tertiary/aromatic N) is 2. The molecule has 9 nitrogen and oxygen atoms in total. The number of unbranched alkanes of at least 4 members (excludes halogenated alkanes) is 2. The van der Waals surface area contributed by atoms with Crippen molar-refractivity contribution in [2.45, 2.75) is 45.4 Å². The van der Waals surface area contributed by atoms with Crippen LogP contribution in [0.3, 0.4) is 0 Å². The van der Waals surface area contributed by atoms with Gasteiger partial charge in [-0.3, -0.25) is 14.9 Å². The Morgan fingerprint density at radius 2 is 1.96 bits per heavy atom. The third kappa shape index (κ3) is 7.93. The molecule has 1 rings (SSSR count). The van der Waals surface area contributed by atoms with Gasteiger partial charge in [-0.05, 0) is 25.7 Å². The summed E-state index contributed by atoms with van der Waals surface area (Å²) in [6.07, 6.45) is 2.47. The Labute approximate surface area is 158 Å². The van der Waals surface area contributed by atoms with Gasteiger partial charge >= 0.3 is 11.8 Å². The van der Waals surface area contributed by atoms with E-state index in [-0.39, 0.29) is 17.3 Å². The number of amides is 2. The fourth-order valence-electron chi connectivity index (χ4n) is 2.65. The van der Waals surface area contributed by atoms with Gasteiger partial charge in [-0.15, -0.1) is 0 Å².